The third kappa shape index (κ3) is 3.86. The largest absolute Gasteiger partial charge is 0.434 e. The summed E-state index contributed by atoms with van der Waals surface area (Å²) in [5.74, 6) is 0.626. The SMILES string of the molecule is Nc1ccc2c(N3CCN(C(=O)c4ccccc4OC(F)F)CC3)ncnc2n1. The number of para-hydroxylation sites is 1. The van der Waals surface area contributed by atoms with Gasteiger partial charge in [-0.15, -0.1) is 0 Å². The number of nitrogen functional groups attached to an aromatic ring is 1. The van der Waals surface area contributed by atoms with Crippen molar-refractivity contribution in [1.82, 2.24) is 19.9 Å². The van der Waals surface area contributed by atoms with E-state index in [0.717, 1.165) is 11.2 Å². The van der Waals surface area contributed by atoms with Gasteiger partial charge in [-0.05, 0) is 24.3 Å². The summed E-state index contributed by atoms with van der Waals surface area (Å²) in [6.45, 7) is -1.11. The second-order valence-corrected chi connectivity index (χ2v) is 6.46. The molecule has 0 unspecified atom stereocenters. The van der Waals surface area contributed by atoms with Gasteiger partial charge in [0, 0.05) is 26.2 Å². The van der Waals surface area contributed by atoms with Gasteiger partial charge < -0.3 is 20.3 Å². The van der Waals surface area contributed by atoms with Crippen LogP contribution in [-0.4, -0.2) is 58.5 Å². The number of ether oxygens (including phenoxy) is 1. The Morgan fingerprint density at radius 1 is 1.07 bits per heavy atom. The molecular formula is C19H18F2N6O2. The van der Waals surface area contributed by atoms with Crippen LogP contribution >= 0.6 is 0 Å². The summed E-state index contributed by atoms with van der Waals surface area (Å²) < 4.78 is 29.7. The number of piperazine rings is 1. The number of halogens is 2. The van der Waals surface area contributed by atoms with Crippen LogP contribution in [0.3, 0.4) is 0 Å². The second kappa shape index (κ2) is 7.82. The van der Waals surface area contributed by atoms with E-state index in [1.54, 1.807) is 23.1 Å². The molecule has 2 aromatic heterocycles. The Morgan fingerprint density at radius 3 is 2.59 bits per heavy atom. The molecule has 0 radical (unpaired) electrons. The van der Waals surface area contributed by atoms with Crippen LogP contribution in [0, 0.1) is 0 Å². The highest BCUT2D eigenvalue weighted by Crippen LogP contribution is 2.26. The van der Waals surface area contributed by atoms with Gasteiger partial charge in [-0.25, -0.2) is 15.0 Å². The number of amides is 1. The number of carbonyl (C=O) groups is 1. The lowest BCUT2D eigenvalue weighted by molar-refractivity contribution is -0.0502. The lowest BCUT2D eigenvalue weighted by atomic mass is 10.1. The van der Waals surface area contributed by atoms with E-state index in [1.165, 1.54) is 18.5 Å². The van der Waals surface area contributed by atoms with Crippen molar-refractivity contribution in [3.8, 4) is 5.75 Å². The molecule has 4 rings (SSSR count). The highest BCUT2D eigenvalue weighted by molar-refractivity contribution is 5.97. The molecule has 8 nitrogen and oxygen atoms in total. The van der Waals surface area contributed by atoms with Gasteiger partial charge in [0.15, 0.2) is 5.65 Å². The smallest absolute Gasteiger partial charge is 0.387 e. The Morgan fingerprint density at radius 2 is 1.83 bits per heavy atom. The minimum Gasteiger partial charge on any atom is -0.434 e. The van der Waals surface area contributed by atoms with E-state index >= 15 is 0 Å². The number of rotatable bonds is 4. The average molecular weight is 400 g/mol. The topological polar surface area (TPSA) is 97.5 Å². The number of carbonyl (C=O) groups excluding carboxylic acids is 1. The molecule has 150 valence electrons. The van der Waals surface area contributed by atoms with Crippen molar-refractivity contribution in [2.75, 3.05) is 36.8 Å². The summed E-state index contributed by atoms with van der Waals surface area (Å²) in [4.78, 5) is 29.2. The van der Waals surface area contributed by atoms with Crippen LogP contribution in [0.2, 0.25) is 0 Å². The van der Waals surface area contributed by atoms with Crippen LogP contribution in [0.5, 0.6) is 5.75 Å². The first-order valence-electron chi connectivity index (χ1n) is 8.98. The fraction of sp³-hybridized carbons (Fsp3) is 0.263. The molecule has 1 aromatic carbocycles. The number of aromatic nitrogens is 3. The molecule has 0 bridgehead atoms. The molecular weight excluding hydrogens is 382 g/mol. The molecule has 0 aliphatic carbocycles. The van der Waals surface area contributed by atoms with Crippen molar-refractivity contribution in [2.45, 2.75) is 6.61 Å². The van der Waals surface area contributed by atoms with E-state index in [2.05, 4.69) is 19.7 Å². The fourth-order valence-electron chi connectivity index (χ4n) is 3.33. The first kappa shape index (κ1) is 18.8. The van der Waals surface area contributed by atoms with Gasteiger partial charge in [0.1, 0.15) is 23.7 Å². The van der Waals surface area contributed by atoms with E-state index < -0.39 is 6.61 Å². The van der Waals surface area contributed by atoms with Crippen LogP contribution in [0.15, 0.2) is 42.7 Å². The van der Waals surface area contributed by atoms with Crippen molar-refractivity contribution in [2.24, 2.45) is 0 Å². The molecule has 0 atom stereocenters. The fourth-order valence-corrected chi connectivity index (χ4v) is 3.33. The predicted octanol–water partition coefficient (Wildman–Crippen LogP) is 2.17. The van der Waals surface area contributed by atoms with Crippen LogP contribution < -0.4 is 15.4 Å². The summed E-state index contributed by atoms with van der Waals surface area (Å²) in [5.41, 5.74) is 6.34. The number of hydrogen-bond donors (Lipinski definition) is 1. The second-order valence-electron chi connectivity index (χ2n) is 6.46. The molecule has 1 aliphatic rings. The van der Waals surface area contributed by atoms with Crippen LogP contribution in [-0.2, 0) is 0 Å². The Balaban J connectivity index is 1.50. The third-order valence-electron chi connectivity index (χ3n) is 4.70. The molecule has 29 heavy (non-hydrogen) atoms. The minimum absolute atomic E-state index is 0.119. The maximum Gasteiger partial charge on any atom is 0.387 e. The van der Waals surface area contributed by atoms with Crippen molar-refractivity contribution >= 4 is 28.6 Å². The zero-order valence-electron chi connectivity index (χ0n) is 15.3. The third-order valence-corrected chi connectivity index (χ3v) is 4.70. The molecule has 1 saturated heterocycles. The Labute approximate surface area is 164 Å². The highest BCUT2D eigenvalue weighted by Gasteiger charge is 2.26. The average Bonchev–Trinajstić information content (AvgIpc) is 2.73. The maximum atomic E-state index is 12.8. The molecule has 0 saturated carbocycles. The summed E-state index contributed by atoms with van der Waals surface area (Å²) in [7, 11) is 0. The Kier molecular flexibility index (Phi) is 5.07. The Hall–Kier alpha value is -3.56. The van der Waals surface area contributed by atoms with E-state index in [9.17, 15) is 13.6 Å². The van der Waals surface area contributed by atoms with Gasteiger partial charge in [0.25, 0.3) is 5.91 Å². The molecule has 1 amide bonds. The van der Waals surface area contributed by atoms with Crippen LogP contribution in [0.4, 0.5) is 20.4 Å². The predicted molar refractivity (Wildman–Crippen MR) is 103 cm³/mol. The number of nitrogens with zero attached hydrogens (tertiary/aromatic N) is 5. The number of alkyl halides is 2. The molecule has 1 aliphatic heterocycles. The molecule has 2 N–H and O–H groups in total. The zero-order chi connectivity index (χ0) is 20.4. The lowest BCUT2D eigenvalue weighted by Crippen LogP contribution is -2.49. The molecule has 0 spiro atoms. The quantitative estimate of drug-likeness (QED) is 0.717. The zero-order valence-corrected chi connectivity index (χ0v) is 15.3. The number of hydrogen-bond acceptors (Lipinski definition) is 7. The van der Waals surface area contributed by atoms with Gasteiger partial charge in [0.05, 0.1) is 10.9 Å². The van der Waals surface area contributed by atoms with E-state index in [4.69, 9.17) is 5.73 Å². The summed E-state index contributed by atoms with van der Waals surface area (Å²) in [6.07, 6.45) is 1.43. The van der Waals surface area contributed by atoms with Crippen LogP contribution in [0.25, 0.3) is 11.0 Å². The number of nitrogens with two attached hydrogens (primary N) is 1. The first-order valence-corrected chi connectivity index (χ1v) is 8.98. The standard InChI is InChI=1S/C19H18F2N6O2/c20-19(21)29-14-4-2-1-3-12(14)18(28)27-9-7-26(8-10-27)17-13-5-6-15(22)25-16(13)23-11-24-17/h1-6,11,19H,7-10H2,(H2,22,23,24,25). The first-order chi connectivity index (χ1) is 14.0. The monoisotopic (exact) mass is 400 g/mol. The molecule has 3 aromatic rings. The maximum absolute atomic E-state index is 12.8. The van der Waals surface area contributed by atoms with Crippen molar-refractivity contribution in [3.05, 3.63) is 48.3 Å². The molecule has 3 heterocycles. The van der Waals surface area contributed by atoms with Crippen molar-refractivity contribution in [3.63, 3.8) is 0 Å². The lowest BCUT2D eigenvalue weighted by Gasteiger charge is -2.35. The number of fused-ring (bicyclic) bond motifs is 1. The van der Waals surface area contributed by atoms with E-state index in [1.807, 2.05) is 11.0 Å². The van der Waals surface area contributed by atoms with E-state index in [-0.39, 0.29) is 17.2 Å². The highest BCUT2D eigenvalue weighted by atomic mass is 19.3. The molecule has 1 fully saturated rings. The molecule has 10 heteroatoms. The Bertz CT molecular complexity index is 1040. The summed E-state index contributed by atoms with van der Waals surface area (Å²) in [6, 6.07) is 9.53. The van der Waals surface area contributed by atoms with Crippen molar-refractivity contribution in [1.29, 1.82) is 0 Å². The normalized spacial score (nSPS) is 14.4. The van der Waals surface area contributed by atoms with Gasteiger partial charge in [-0.2, -0.15) is 8.78 Å². The van der Waals surface area contributed by atoms with Gasteiger partial charge >= 0.3 is 6.61 Å². The number of pyridine rings is 1. The van der Waals surface area contributed by atoms with Crippen molar-refractivity contribution < 1.29 is 18.3 Å². The van der Waals surface area contributed by atoms with Gasteiger partial charge in [-0.1, -0.05) is 12.1 Å². The summed E-state index contributed by atoms with van der Waals surface area (Å²) >= 11 is 0. The number of benzene rings is 1. The van der Waals surface area contributed by atoms with Gasteiger partial charge in [-0.3, -0.25) is 4.79 Å². The minimum atomic E-state index is -2.99. The van der Waals surface area contributed by atoms with E-state index in [0.29, 0.717) is 37.6 Å². The summed E-state index contributed by atoms with van der Waals surface area (Å²) in [5, 5.41) is 0.775. The van der Waals surface area contributed by atoms with Gasteiger partial charge in [0.2, 0.25) is 0 Å². The number of anilines is 2. The van der Waals surface area contributed by atoms with Crippen LogP contribution in [0.1, 0.15) is 10.4 Å².